The normalized spacial score (nSPS) is 9.93. The molecule has 3 nitrogen and oxygen atoms in total. The van der Waals surface area contributed by atoms with Crippen molar-refractivity contribution in [3.8, 4) is 0 Å². The number of rotatable bonds is 2. The first kappa shape index (κ1) is 9.45. The third-order valence-corrected chi connectivity index (χ3v) is 1.95. The Morgan fingerprint density at radius 1 is 1.13 bits per heavy atom. The summed E-state index contributed by atoms with van der Waals surface area (Å²) < 4.78 is 14.7. The zero-order valence-electron chi connectivity index (χ0n) is 7.85. The van der Waals surface area contributed by atoms with Crippen LogP contribution in [0.15, 0.2) is 48.8 Å². The topological polar surface area (TPSA) is 34.0 Å². The standard InChI is InChI=1S/C11H9FN2O/c12-10-6-2-1-5-9(10)11(15)13-14-7-3-4-8-14/h1-8H,(H,13,15). The third-order valence-electron chi connectivity index (χ3n) is 1.95. The van der Waals surface area contributed by atoms with E-state index in [2.05, 4.69) is 5.43 Å². The molecule has 1 aromatic heterocycles. The molecule has 0 aliphatic carbocycles. The molecule has 0 aliphatic heterocycles. The van der Waals surface area contributed by atoms with Crippen molar-refractivity contribution in [2.45, 2.75) is 0 Å². The molecule has 1 aromatic carbocycles. The van der Waals surface area contributed by atoms with E-state index in [4.69, 9.17) is 0 Å². The van der Waals surface area contributed by atoms with Crippen molar-refractivity contribution in [3.63, 3.8) is 0 Å². The number of nitrogens with zero attached hydrogens (tertiary/aromatic N) is 1. The van der Waals surface area contributed by atoms with Gasteiger partial charge in [-0.1, -0.05) is 12.1 Å². The molecular weight excluding hydrogens is 195 g/mol. The Morgan fingerprint density at radius 3 is 2.47 bits per heavy atom. The molecule has 1 amide bonds. The second kappa shape index (κ2) is 3.96. The molecule has 2 rings (SSSR count). The molecule has 2 aromatic rings. The number of amides is 1. The summed E-state index contributed by atoms with van der Waals surface area (Å²) in [5.41, 5.74) is 2.55. The van der Waals surface area contributed by atoms with Gasteiger partial charge in [0.15, 0.2) is 0 Å². The van der Waals surface area contributed by atoms with Crippen LogP contribution in [0.3, 0.4) is 0 Å². The SMILES string of the molecule is O=C(Nn1cccc1)c1ccccc1F. The van der Waals surface area contributed by atoms with E-state index in [9.17, 15) is 9.18 Å². The lowest BCUT2D eigenvalue weighted by Gasteiger charge is -2.06. The van der Waals surface area contributed by atoms with Crippen LogP contribution in [0, 0.1) is 5.82 Å². The van der Waals surface area contributed by atoms with Gasteiger partial charge < -0.3 is 0 Å². The summed E-state index contributed by atoms with van der Waals surface area (Å²) in [5.74, 6) is -0.994. The van der Waals surface area contributed by atoms with E-state index in [1.54, 1.807) is 36.7 Å². The van der Waals surface area contributed by atoms with E-state index >= 15 is 0 Å². The van der Waals surface area contributed by atoms with Crippen molar-refractivity contribution in [3.05, 3.63) is 60.2 Å². The maximum absolute atomic E-state index is 13.2. The van der Waals surface area contributed by atoms with Crippen LogP contribution in [-0.4, -0.2) is 10.6 Å². The summed E-state index contributed by atoms with van der Waals surface area (Å²) in [7, 11) is 0. The van der Waals surface area contributed by atoms with Crippen LogP contribution in [0.1, 0.15) is 10.4 Å². The fourth-order valence-electron chi connectivity index (χ4n) is 1.23. The van der Waals surface area contributed by atoms with Crippen LogP contribution in [0.25, 0.3) is 0 Å². The molecular formula is C11H9FN2O. The number of halogens is 1. The highest BCUT2D eigenvalue weighted by Crippen LogP contribution is 2.06. The average Bonchev–Trinajstić information content (AvgIpc) is 2.71. The largest absolute Gasteiger partial charge is 0.273 e. The van der Waals surface area contributed by atoms with Crippen molar-refractivity contribution in [1.82, 2.24) is 4.68 Å². The van der Waals surface area contributed by atoms with Crippen molar-refractivity contribution >= 4 is 5.91 Å². The van der Waals surface area contributed by atoms with Gasteiger partial charge in [-0.2, -0.15) is 0 Å². The summed E-state index contributed by atoms with van der Waals surface area (Å²) in [5, 5.41) is 0. The molecule has 1 heterocycles. The zero-order valence-corrected chi connectivity index (χ0v) is 7.85. The van der Waals surface area contributed by atoms with Crippen LogP contribution >= 0.6 is 0 Å². The van der Waals surface area contributed by atoms with Gasteiger partial charge in [0.1, 0.15) is 5.82 Å². The fraction of sp³-hybridized carbons (Fsp3) is 0. The molecule has 76 valence electrons. The molecule has 0 fully saturated rings. The monoisotopic (exact) mass is 204 g/mol. The lowest BCUT2D eigenvalue weighted by molar-refractivity contribution is 0.100. The quantitative estimate of drug-likeness (QED) is 0.797. The van der Waals surface area contributed by atoms with Gasteiger partial charge >= 0.3 is 0 Å². The Morgan fingerprint density at radius 2 is 1.80 bits per heavy atom. The van der Waals surface area contributed by atoms with Crippen molar-refractivity contribution in [1.29, 1.82) is 0 Å². The second-order valence-electron chi connectivity index (χ2n) is 3.01. The average molecular weight is 204 g/mol. The minimum absolute atomic E-state index is 0.0335. The molecule has 15 heavy (non-hydrogen) atoms. The first-order valence-corrected chi connectivity index (χ1v) is 4.46. The van der Waals surface area contributed by atoms with Gasteiger partial charge in [0.05, 0.1) is 5.56 Å². The number of carbonyl (C=O) groups is 1. The molecule has 0 saturated carbocycles. The maximum Gasteiger partial charge on any atom is 0.273 e. The Bertz CT molecular complexity index is 465. The summed E-state index contributed by atoms with van der Waals surface area (Å²) >= 11 is 0. The van der Waals surface area contributed by atoms with Crippen LogP contribution in [0.5, 0.6) is 0 Å². The Balaban J connectivity index is 2.19. The third kappa shape index (κ3) is 2.04. The number of carbonyl (C=O) groups excluding carboxylic acids is 1. The molecule has 0 saturated heterocycles. The maximum atomic E-state index is 13.2. The highest BCUT2D eigenvalue weighted by molar-refractivity contribution is 6.00. The van der Waals surface area contributed by atoms with Gasteiger partial charge in [-0.25, -0.2) is 4.39 Å². The highest BCUT2D eigenvalue weighted by Gasteiger charge is 2.09. The van der Waals surface area contributed by atoms with Gasteiger partial charge in [0.2, 0.25) is 0 Å². The van der Waals surface area contributed by atoms with Crippen LogP contribution in [0.2, 0.25) is 0 Å². The summed E-state index contributed by atoms with van der Waals surface area (Å²) in [4.78, 5) is 11.6. The van der Waals surface area contributed by atoms with Gasteiger partial charge in [0.25, 0.3) is 5.91 Å². The predicted octanol–water partition coefficient (Wildman–Crippen LogP) is 2.01. The van der Waals surface area contributed by atoms with Crippen molar-refractivity contribution in [2.24, 2.45) is 0 Å². The minimum atomic E-state index is -0.526. The predicted molar refractivity (Wildman–Crippen MR) is 54.5 cm³/mol. The van der Waals surface area contributed by atoms with E-state index in [-0.39, 0.29) is 5.56 Å². The minimum Gasteiger partial charge on any atom is -0.268 e. The molecule has 0 bridgehead atoms. The first-order chi connectivity index (χ1) is 7.27. The summed E-state index contributed by atoms with van der Waals surface area (Å²) in [6.07, 6.45) is 3.33. The molecule has 0 atom stereocenters. The van der Waals surface area contributed by atoms with E-state index in [1.807, 2.05) is 0 Å². The van der Waals surface area contributed by atoms with Crippen molar-refractivity contribution in [2.75, 3.05) is 5.43 Å². The number of hydrogen-bond acceptors (Lipinski definition) is 1. The zero-order chi connectivity index (χ0) is 10.7. The molecule has 0 aliphatic rings. The number of nitrogens with one attached hydrogen (secondary N) is 1. The second-order valence-corrected chi connectivity index (χ2v) is 3.01. The molecule has 4 heteroatoms. The fourth-order valence-corrected chi connectivity index (χ4v) is 1.23. The Labute approximate surface area is 86.1 Å². The molecule has 1 N–H and O–H groups in total. The molecule has 0 unspecified atom stereocenters. The van der Waals surface area contributed by atoms with E-state index in [0.29, 0.717) is 0 Å². The molecule has 0 radical (unpaired) electrons. The van der Waals surface area contributed by atoms with Gasteiger partial charge in [-0.15, -0.1) is 0 Å². The van der Waals surface area contributed by atoms with Crippen LogP contribution in [0.4, 0.5) is 4.39 Å². The Kier molecular flexibility index (Phi) is 2.49. The highest BCUT2D eigenvalue weighted by atomic mass is 19.1. The van der Waals surface area contributed by atoms with E-state index < -0.39 is 11.7 Å². The lowest BCUT2D eigenvalue weighted by Crippen LogP contribution is -2.22. The lowest BCUT2D eigenvalue weighted by atomic mass is 10.2. The number of hydrogen-bond donors (Lipinski definition) is 1. The van der Waals surface area contributed by atoms with E-state index in [1.165, 1.54) is 16.8 Å². The summed E-state index contributed by atoms with van der Waals surface area (Å²) in [6.45, 7) is 0. The van der Waals surface area contributed by atoms with E-state index in [0.717, 1.165) is 0 Å². The van der Waals surface area contributed by atoms with Crippen LogP contribution < -0.4 is 5.43 Å². The number of benzene rings is 1. The Hall–Kier alpha value is -2.10. The molecule has 0 spiro atoms. The van der Waals surface area contributed by atoms with Gasteiger partial charge in [-0.3, -0.25) is 14.9 Å². The van der Waals surface area contributed by atoms with Gasteiger partial charge in [0, 0.05) is 12.4 Å². The smallest absolute Gasteiger partial charge is 0.268 e. The van der Waals surface area contributed by atoms with Crippen LogP contribution in [-0.2, 0) is 0 Å². The number of aromatic nitrogens is 1. The summed E-state index contributed by atoms with van der Waals surface area (Å²) in [6, 6.07) is 9.39. The first-order valence-electron chi connectivity index (χ1n) is 4.46. The van der Waals surface area contributed by atoms with Gasteiger partial charge in [-0.05, 0) is 24.3 Å². The van der Waals surface area contributed by atoms with Crippen molar-refractivity contribution < 1.29 is 9.18 Å².